The van der Waals surface area contributed by atoms with Crippen LogP contribution in [0.15, 0.2) is 71.9 Å². The molecule has 1 N–H and O–H groups in total. The third kappa shape index (κ3) is 4.92. The molecule has 1 heterocycles. The van der Waals surface area contributed by atoms with Crippen LogP contribution in [0.1, 0.15) is 18.9 Å². The Morgan fingerprint density at radius 2 is 1.91 bits per heavy atom. The highest BCUT2D eigenvalue weighted by atomic mass is 35.5. The Hall–Kier alpha value is -2.96. The third-order valence-electron chi connectivity index (χ3n) is 5.04. The van der Waals surface area contributed by atoms with E-state index in [2.05, 4.69) is 9.88 Å². The first-order chi connectivity index (χ1) is 15.4. The Balaban J connectivity index is 1.54. The summed E-state index contributed by atoms with van der Waals surface area (Å²) in [6.07, 6.45) is 0.334. The van der Waals surface area contributed by atoms with E-state index >= 15 is 0 Å². The Kier molecular flexibility index (Phi) is 6.72. The molecule has 0 aliphatic heterocycles. The summed E-state index contributed by atoms with van der Waals surface area (Å²) in [4.78, 5) is 17.5. The lowest BCUT2D eigenvalue weighted by Gasteiger charge is -2.14. The number of ether oxygens (including phenoxy) is 1. The number of halogens is 1. The van der Waals surface area contributed by atoms with Crippen LogP contribution in [0.25, 0.3) is 16.7 Å². The molecule has 1 amide bonds. The lowest BCUT2D eigenvalue weighted by atomic mass is 10.2. The van der Waals surface area contributed by atoms with Crippen molar-refractivity contribution < 1.29 is 9.53 Å². The molecule has 7 heteroatoms. The molecule has 3 aromatic carbocycles. The fourth-order valence-corrected chi connectivity index (χ4v) is 4.81. The van der Waals surface area contributed by atoms with Gasteiger partial charge in [-0.1, -0.05) is 48.5 Å². The number of hydrogen-bond acceptors (Lipinski definition) is 4. The summed E-state index contributed by atoms with van der Waals surface area (Å²) in [6.45, 7) is 3.99. The molecule has 32 heavy (non-hydrogen) atoms. The van der Waals surface area contributed by atoms with Gasteiger partial charge in [-0.3, -0.25) is 9.36 Å². The number of methoxy groups -OCH3 is 1. The minimum atomic E-state index is -0.0807. The molecular formula is C25H24ClN3O2S. The van der Waals surface area contributed by atoms with Crippen LogP contribution >= 0.6 is 23.4 Å². The molecule has 1 atom stereocenters. The smallest absolute Gasteiger partial charge is 0.225 e. The number of aromatic nitrogens is 2. The minimum absolute atomic E-state index is 0.00744. The van der Waals surface area contributed by atoms with Crippen molar-refractivity contribution >= 4 is 46.0 Å². The van der Waals surface area contributed by atoms with Crippen molar-refractivity contribution in [3.63, 3.8) is 0 Å². The van der Waals surface area contributed by atoms with Crippen molar-refractivity contribution in [1.82, 2.24) is 9.55 Å². The topological polar surface area (TPSA) is 56.1 Å². The van der Waals surface area contributed by atoms with Gasteiger partial charge >= 0.3 is 0 Å². The number of benzene rings is 3. The van der Waals surface area contributed by atoms with E-state index < -0.39 is 0 Å². The number of carbonyl (C=O) groups is 1. The van der Waals surface area contributed by atoms with Crippen LogP contribution < -0.4 is 10.1 Å². The fraction of sp³-hybridized carbons (Fsp3) is 0.200. The molecule has 5 nitrogen and oxygen atoms in total. The molecule has 0 saturated heterocycles. The van der Waals surface area contributed by atoms with Gasteiger partial charge in [0.25, 0.3) is 0 Å². The van der Waals surface area contributed by atoms with Gasteiger partial charge in [-0.05, 0) is 61.0 Å². The molecular weight excluding hydrogens is 442 g/mol. The number of hydrogen-bond donors (Lipinski definition) is 1. The summed E-state index contributed by atoms with van der Waals surface area (Å²) in [5.74, 6) is 0.718. The lowest BCUT2D eigenvalue weighted by Crippen LogP contribution is -2.17. The Bertz CT molecular complexity index is 1250. The van der Waals surface area contributed by atoms with E-state index in [1.807, 2.05) is 80.6 Å². The zero-order valence-electron chi connectivity index (χ0n) is 18.1. The number of para-hydroxylation sites is 2. The fourth-order valence-electron chi connectivity index (χ4n) is 3.47. The van der Waals surface area contributed by atoms with Gasteiger partial charge in [-0.2, -0.15) is 0 Å². The number of fused-ring (bicyclic) bond motifs is 1. The Morgan fingerprint density at radius 3 is 2.62 bits per heavy atom. The number of thioether (sulfide) groups is 1. The highest BCUT2D eigenvalue weighted by Gasteiger charge is 2.18. The first-order valence-corrected chi connectivity index (χ1v) is 11.5. The number of aryl methyl sites for hydroxylation is 1. The Labute approximate surface area is 196 Å². The molecule has 0 aliphatic carbocycles. The van der Waals surface area contributed by atoms with E-state index in [0.29, 0.717) is 17.1 Å². The van der Waals surface area contributed by atoms with Gasteiger partial charge < -0.3 is 10.1 Å². The molecule has 0 saturated carbocycles. The SMILES string of the molecule is COc1ccc(-n2c(SC(C)CC(=O)Nc3ccc(C)cc3Cl)nc3ccccc32)cc1. The normalized spacial score (nSPS) is 12.0. The minimum Gasteiger partial charge on any atom is -0.497 e. The first kappa shape index (κ1) is 22.2. The average molecular weight is 466 g/mol. The second kappa shape index (κ2) is 9.67. The van der Waals surface area contributed by atoms with Crippen molar-refractivity contribution in [2.24, 2.45) is 0 Å². The third-order valence-corrected chi connectivity index (χ3v) is 6.41. The predicted molar refractivity (Wildman–Crippen MR) is 132 cm³/mol. The van der Waals surface area contributed by atoms with E-state index in [1.165, 1.54) is 0 Å². The molecule has 0 fully saturated rings. The van der Waals surface area contributed by atoms with Crippen molar-refractivity contribution in [1.29, 1.82) is 0 Å². The number of nitrogens with one attached hydrogen (secondary N) is 1. The summed E-state index contributed by atoms with van der Waals surface area (Å²) in [5, 5.41) is 4.30. The van der Waals surface area contributed by atoms with Crippen LogP contribution in [0, 0.1) is 6.92 Å². The number of rotatable bonds is 7. The van der Waals surface area contributed by atoms with Gasteiger partial charge in [0.15, 0.2) is 5.16 Å². The van der Waals surface area contributed by atoms with E-state index in [0.717, 1.165) is 33.2 Å². The Morgan fingerprint density at radius 1 is 1.16 bits per heavy atom. The zero-order chi connectivity index (χ0) is 22.7. The van der Waals surface area contributed by atoms with Gasteiger partial charge in [0.2, 0.25) is 5.91 Å². The van der Waals surface area contributed by atoms with Crippen LogP contribution in [0.4, 0.5) is 5.69 Å². The second-order valence-electron chi connectivity index (χ2n) is 7.58. The van der Waals surface area contributed by atoms with Crippen LogP contribution in [0.5, 0.6) is 5.75 Å². The molecule has 1 aromatic heterocycles. The molecule has 0 radical (unpaired) electrons. The van der Waals surface area contributed by atoms with E-state index in [9.17, 15) is 4.79 Å². The van der Waals surface area contributed by atoms with E-state index in [1.54, 1.807) is 18.9 Å². The van der Waals surface area contributed by atoms with Gasteiger partial charge in [0.05, 0.1) is 28.9 Å². The van der Waals surface area contributed by atoms with Crippen LogP contribution in [-0.2, 0) is 4.79 Å². The molecule has 0 bridgehead atoms. The molecule has 4 aromatic rings. The average Bonchev–Trinajstić information content (AvgIpc) is 3.13. The summed E-state index contributed by atoms with van der Waals surface area (Å²) in [6, 6.07) is 21.5. The molecule has 4 rings (SSSR count). The predicted octanol–water partition coefficient (Wildman–Crippen LogP) is 6.51. The second-order valence-corrected chi connectivity index (χ2v) is 9.39. The number of amides is 1. The largest absolute Gasteiger partial charge is 0.497 e. The highest BCUT2D eigenvalue weighted by Crippen LogP contribution is 2.32. The number of carbonyl (C=O) groups excluding carboxylic acids is 1. The standard InChI is InChI=1S/C25H24ClN3O2S/c1-16-8-13-21(20(26)14-16)27-24(30)15-17(2)32-25-28-22-6-4-5-7-23(22)29(25)18-9-11-19(31-3)12-10-18/h4-14,17H,15H2,1-3H3,(H,27,30). The number of nitrogens with zero attached hydrogens (tertiary/aromatic N) is 2. The molecule has 0 spiro atoms. The van der Waals surface area contributed by atoms with Gasteiger partial charge in [0, 0.05) is 17.4 Å². The monoisotopic (exact) mass is 465 g/mol. The first-order valence-electron chi connectivity index (χ1n) is 10.3. The maximum Gasteiger partial charge on any atom is 0.225 e. The molecule has 1 unspecified atom stereocenters. The van der Waals surface area contributed by atoms with Crippen molar-refractivity contribution in [2.45, 2.75) is 30.7 Å². The van der Waals surface area contributed by atoms with Gasteiger partial charge in [0.1, 0.15) is 5.75 Å². The van der Waals surface area contributed by atoms with Crippen molar-refractivity contribution in [3.8, 4) is 11.4 Å². The van der Waals surface area contributed by atoms with Crippen LogP contribution in [-0.4, -0.2) is 27.8 Å². The summed E-state index contributed by atoms with van der Waals surface area (Å²) < 4.78 is 7.41. The lowest BCUT2D eigenvalue weighted by molar-refractivity contribution is -0.116. The van der Waals surface area contributed by atoms with Crippen LogP contribution in [0.2, 0.25) is 5.02 Å². The quantitative estimate of drug-likeness (QED) is 0.316. The zero-order valence-corrected chi connectivity index (χ0v) is 19.7. The van der Waals surface area contributed by atoms with E-state index in [-0.39, 0.29) is 11.2 Å². The summed E-state index contributed by atoms with van der Waals surface area (Å²) in [5.41, 5.74) is 4.60. The summed E-state index contributed by atoms with van der Waals surface area (Å²) in [7, 11) is 1.65. The van der Waals surface area contributed by atoms with Gasteiger partial charge in [-0.25, -0.2) is 4.98 Å². The van der Waals surface area contributed by atoms with Crippen LogP contribution in [0.3, 0.4) is 0 Å². The molecule has 0 aliphatic rings. The van der Waals surface area contributed by atoms with E-state index in [4.69, 9.17) is 21.3 Å². The highest BCUT2D eigenvalue weighted by molar-refractivity contribution is 7.99. The maximum absolute atomic E-state index is 12.6. The molecule has 164 valence electrons. The van der Waals surface area contributed by atoms with Gasteiger partial charge in [-0.15, -0.1) is 0 Å². The number of anilines is 1. The maximum atomic E-state index is 12.6. The number of imidazole rings is 1. The van der Waals surface area contributed by atoms with Crippen molar-refractivity contribution in [3.05, 3.63) is 77.3 Å². The summed E-state index contributed by atoms with van der Waals surface area (Å²) >= 11 is 7.83. The van der Waals surface area contributed by atoms with Crippen molar-refractivity contribution in [2.75, 3.05) is 12.4 Å².